The molecule has 0 spiro atoms. The maximum Gasteiger partial charge on any atom is 0.264 e. The number of ether oxygens (including phenoxy) is 1. The Morgan fingerprint density at radius 2 is 1.57 bits per heavy atom. The van der Waals surface area contributed by atoms with Gasteiger partial charge < -0.3 is 9.84 Å². The summed E-state index contributed by atoms with van der Waals surface area (Å²) < 4.78 is 5.98. The molecule has 0 unspecified atom stereocenters. The summed E-state index contributed by atoms with van der Waals surface area (Å²) in [7, 11) is 3.25. The molecule has 2 heterocycles. The topological polar surface area (TPSA) is 63.8 Å². The Kier molecular flexibility index (Phi) is 6.19. The van der Waals surface area contributed by atoms with Crippen LogP contribution in [-0.4, -0.2) is 35.3 Å². The summed E-state index contributed by atoms with van der Waals surface area (Å²) in [6.07, 6.45) is 0.875. The highest BCUT2D eigenvalue weighted by Crippen LogP contribution is 2.29. The molecule has 0 fully saturated rings. The second-order valence-corrected chi connectivity index (χ2v) is 6.41. The van der Waals surface area contributed by atoms with Gasteiger partial charge in [-0.2, -0.15) is 0 Å². The van der Waals surface area contributed by atoms with E-state index in [-0.39, 0.29) is 5.56 Å². The number of hydrogen-bond donors (Lipinski definition) is 1. The molecule has 0 saturated carbocycles. The summed E-state index contributed by atoms with van der Waals surface area (Å²) in [6, 6.07) is 19.7. The normalized spacial score (nSPS) is 10.7. The number of imidazole rings is 1. The van der Waals surface area contributed by atoms with E-state index in [0.29, 0.717) is 6.61 Å². The van der Waals surface area contributed by atoms with Gasteiger partial charge in [0.1, 0.15) is 5.65 Å². The van der Waals surface area contributed by atoms with Crippen LogP contribution in [0.25, 0.3) is 38.2 Å². The van der Waals surface area contributed by atoms with E-state index < -0.39 is 0 Å². The highest BCUT2D eigenvalue weighted by Gasteiger charge is 2.14. The van der Waals surface area contributed by atoms with Crippen LogP contribution in [0.15, 0.2) is 65.5 Å². The fourth-order valence-corrected chi connectivity index (χ4v) is 3.24. The van der Waals surface area contributed by atoms with Crippen molar-refractivity contribution in [1.82, 2.24) is 9.38 Å². The molecular formula is C23H24N2O3. The Morgan fingerprint density at radius 1 is 0.964 bits per heavy atom. The van der Waals surface area contributed by atoms with Gasteiger partial charge in [-0.1, -0.05) is 49.4 Å². The molecule has 0 amide bonds. The molecular weight excluding hydrogens is 352 g/mol. The molecule has 3 aromatic carbocycles. The summed E-state index contributed by atoms with van der Waals surface area (Å²) in [6.45, 7) is 2.25. The van der Waals surface area contributed by atoms with Crippen molar-refractivity contribution in [2.24, 2.45) is 0 Å². The lowest BCUT2D eigenvalue weighted by molar-refractivity contribution is 0.277. The molecule has 5 heteroatoms. The lowest BCUT2D eigenvalue weighted by atomic mass is 10.0. The quantitative estimate of drug-likeness (QED) is 0.475. The van der Waals surface area contributed by atoms with Crippen LogP contribution in [0.1, 0.15) is 13.3 Å². The highest BCUT2D eigenvalue weighted by molar-refractivity contribution is 6.15. The summed E-state index contributed by atoms with van der Waals surface area (Å²) >= 11 is 0. The maximum atomic E-state index is 12.9. The lowest BCUT2D eigenvalue weighted by Crippen LogP contribution is -2.13. The van der Waals surface area contributed by atoms with Crippen molar-refractivity contribution in [3.05, 3.63) is 71.0 Å². The third kappa shape index (κ3) is 3.42. The zero-order chi connectivity index (χ0) is 20.1. The van der Waals surface area contributed by atoms with Gasteiger partial charge in [-0.25, -0.2) is 4.98 Å². The number of hydrogen-bond acceptors (Lipinski definition) is 4. The second kappa shape index (κ2) is 8.78. The van der Waals surface area contributed by atoms with Crippen molar-refractivity contribution < 1.29 is 9.84 Å². The minimum atomic E-state index is 0.00278. The Labute approximate surface area is 163 Å². The fraction of sp³-hybridized carbons (Fsp3) is 0.217. The van der Waals surface area contributed by atoms with Gasteiger partial charge in [-0.3, -0.25) is 9.20 Å². The van der Waals surface area contributed by atoms with Crippen LogP contribution >= 0.6 is 0 Å². The van der Waals surface area contributed by atoms with Crippen LogP contribution in [0.5, 0.6) is 0 Å². The van der Waals surface area contributed by atoms with E-state index in [1.807, 2.05) is 67.6 Å². The molecule has 5 rings (SSSR count). The van der Waals surface area contributed by atoms with E-state index in [2.05, 4.69) is 9.72 Å². The van der Waals surface area contributed by atoms with Gasteiger partial charge in [-0.15, -0.1) is 0 Å². The molecule has 0 radical (unpaired) electrons. The Morgan fingerprint density at radius 3 is 2.21 bits per heavy atom. The molecule has 0 aliphatic rings. The number of aromatic nitrogens is 2. The summed E-state index contributed by atoms with van der Waals surface area (Å²) in [5.41, 5.74) is 2.46. The highest BCUT2D eigenvalue weighted by atomic mass is 16.4. The molecule has 2 aromatic heterocycles. The van der Waals surface area contributed by atoms with Gasteiger partial charge in [0, 0.05) is 37.0 Å². The first-order valence-electron chi connectivity index (χ1n) is 9.23. The van der Waals surface area contributed by atoms with Crippen molar-refractivity contribution in [3.8, 4) is 0 Å². The third-order valence-electron chi connectivity index (χ3n) is 4.36. The fourth-order valence-electron chi connectivity index (χ4n) is 3.24. The number of benzene rings is 3. The van der Waals surface area contributed by atoms with E-state index in [1.165, 1.54) is 0 Å². The average molecular weight is 376 g/mol. The summed E-state index contributed by atoms with van der Waals surface area (Å²) in [4.78, 5) is 17.6. The predicted octanol–water partition coefficient (Wildman–Crippen LogP) is 4.24. The van der Waals surface area contributed by atoms with Gasteiger partial charge >= 0.3 is 0 Å². The minimum absolute atomic E-state index is 0.00278. The van der Waals surface area contributed by atoms with E-state index in [4.69, 9.17) is 5.11 Å². The van der Waals surface area contributed by atoms with Gasteiger partial charge in [0.2, 0.25) is 0 Å². The van der Waals surface area contributed by atoms with Crippen LogP contribution in [-0.2, 0) is 4.74 Å². The number of aliphatic hydroxyl groups excluding tert-OH is 1. The van der Waals surface area contributed by atoms with Crippen molar-refractivity contribution in [3.63, 3.8) is 0 Å². The van der Waals surface area contributed by atoms with Crippen LogP contribution in [0, 0.1) is 0 Å². The van der Waals surface area contributed by atoms with E-state index in [1.54, 1.807) is 18.6 Å². The summed E-state index contributed by atoms with van der Waals surface area (Å²) in [5, 5.41) is 11.7. The smallest absolute Gasteiger partial charge is 0.264 e. The third-order valence-corrected chi connectivity index (χ3v) is 4.36. The molecule has 0 aliphatic carbocycles. The molecule has 0 aliphatic heterocycles. The summed E-state index contributed by atoms with van der Waals surface area (Å²) in [5.74, 6) is 0. The average Bonchev–Trinajstić information content (AvgIpc) is 3.12. The lowest BCUT2D eigenvalue weighted by Gasteiger charge is -2.06. The SMILES string of the molecule is CCCO.COC.O=c1c2cccc3cccc(c32)c2nc3ccccc3n12. The molecule has 144 valence electrons. The largest absolute Gasteiger partial charge is 0.396 e. The monoisotopic (exact) mass is 376 g/mol. The van der Waals surface area contributed by atoms with Crippen molar-refractivity contribution in [1.29, 1.82) is 0 Å². The van der Waals surface area contributed by atoms with Crippen LogP contribution in [0.3, 0.4) is 0 Å². The maximum absolute atomic E-state index is 12.9. The first-order chi connectivity index (χ1) is 13.7. The second-order valence-electron chi connectivity index (χ2n) is 6.41. The van der Waals surface area contributed by atoms with Crippen LogP contribution in [0.4, 0.5) is 0 Å². The Balaban J connectivity index is 0.000000283. The molecule has 0 bridgehead atoms. The predicted molar refractivity (Wildman–Crippen MR) is 115 cm³/mol. The Bertz CT molecular complexity index is 1250. The van der Waals surface area contributed by atoms with E-state index >= 15 is 0 Å². The number of para-hydroxylation sites is 2. The number of nitrogens with zero attached hydrogens (tertiary/aromatic N) is 2. The van der Waals surface area contributed by atoms with Gasteiger partial charge in [0.25, 0.3) is 5.56 Å². The number of pyridine rings is 1. The molecule has 5 aromatic rings. The van der Waals surface area contributed by atoms with Crippen molar-refractivity contribution in [2.75, 3.05) is 20.8 Å². The van der Waals surface area contributed by atoms with Crippen LogP contribution in [0.2, 0.25) is 0 Å². The Hall–Kier alpha value is -3.02. The van der Waals surface area contributed by atoms with Gasteiger partial charge in [-0.05, 0) is 30.0 Å². The van der Waals surface area contributed by atoms with Crippen molar-refractivity contribution >= 4 is 38.2 Å². The minimum Gasteiger partial charge on any atom is -0.396 e. The van der Waals surface area contributed by atoms with Gasteiger partial charge in [0.05, 0.1) is 11.0 Å². The van der Waals surface area contributed by atoms with Crippen molar-refractivity contribution in [2.45, 2.75) is 13.3 Å². The number of rotatable bonds is 1. The van der Waals surface area contributed by atoms with Gasteiger partial charge in [0.15, 0.2) is 0 Å². The molecule has 0 saturated heterocycles. The number of methoxy groups -OCH3 is 1. The molecule has 28 heavy (non-hydrogen) atoms. The number of fused-ring (bicyclic) bond motifs is 4. The zero-order valence-corrected chi connectivity index (χ0v) is 16.3. The van der Waals surface area contributed by atoms with E-state index in [9.17, 15) is 4.79 Å². The molecule has 0 atom stereocenters. The molecule has 5 nitrogen and oxygen atoms in total. The van der Waals surface area contributed by atoms with Crippen LogP contribution < -0.4 is 5.56 Å². The zero-order valence-electron chi connectivity index (χ0n) is 16.3. The number of aliphatic hydroxyl groups is 1. The first-order valence-corrected chi connectivity index (χ1v) is 9.23. The first kappa shape index (κ1) is 19.7. The van der Waals surface area contributed by atoms with E-state index in [0.717, 1.165) is 44.6 Å². The standard InChI is InChI=1S/C18H10N2O.C3H8O.C2H6O/c21-18-13-8-4-6-11-5-3-7-12(16(11)13)17-19-14-9-1-2-10-15(14)20(17)18;1-2-3-4;1-3-2/h1-10H;4H,2-3H2,1H3;1-2H3. The molecule has 1 N–H and O–H groups in total.